The van der Waals surface area contributed by atoms with Crippen LogP contribution in [0.1, 0.15) is 21.5 Å². The van der Waals surface area contributed by atoms with Gasteiger partial charge < -0.3 is 9.88 Å². The lowest BCUT2D eigenvalue weighted by molar-refractivity contribution is -0.136. The Hall–Kier alpha value is -2.87. The molecule has 0 radical (unpaired) electrons. The van der Waals surface area contributed by atoms with E-state index < -0.39 is 28.9 Å². The second-order valence-electron chi connectivity index (χ2n) is 5.98. The normalized spacial score (nSPS) is 11.3. The van der Waals surface area contributed by atoms with Gasteiger partial charge in [0, 0.05) is 10.7 Å². The van der Waals surface area contributed by atoms with Crippen molar-refractivity contribution < 1.29 is 18.0 Å². The van der Waals surface area contributed by atoms with Crippen molar-refractivity contribution in [1.29, 1.82) is 0 Å². The molecule has 0 aliphatic carbocycles. The van der Waals surface area contributed by atoms with Gasteiger partial charge in [-0.05, 0) is 42.0 Å². The largest absolute Gasteiger partial charge is 0.418 e. The number of anilines is 1. The Labute approximate surface area is 166 Å². The summed E-state index contributed by atoms with van der Waals surface area (Å²) in [4.78, 5) is 25.1. The maximum atomic E-state index is 13.1. The van der Waals surface area contributed by atoms with E-state index >= 15 is 0 Å². The highest BCUT2D eigenvalue weighted by atomic mass is 79.9. The Morgan fingerprint density at radius 3 is 2.36 bits per heavy atom. The van der Waals surface area contributed by atoms with Crippen LogP contribution in [0.15, 0.2) is 76.1 Å². The smallest absolute Gasteiger partial charge is 0.321 e. The number of hydrogen-bond acceptors (Lipinski definition) is 2. The molecule has 0 spiro atoms. The summed E-state index contributed by atoms with van der Waals surface area (Å²) in [5.41, 5.74) is -1.37. The molecule has 0 fully saturated rings. The minimum atomic E-state index is -4.62. The molecule has 1 N–H and O–H groups in total. The average molecular weight is 451 g/mol. The first-order chi connectivity index (χ1) is 13.3. The highest BCUT2D eigenvalue weighted by molar-refractivity contribution is 9.10. The monoisotopic (exact) mass is 450 g/mol. The van der Waals surface area contributed by atoms with Crippen LogP contribution >= 0.6 is 15.9 Å². The SMILES string of the molecule is O=C(Nc1ccccc1C(F)(F)F)c1cccn(Cc2ccc(Br)cc2)c1=O. The zero-order valence-corrected chi connectivity index (χ0v) is 15.9. The third kappa shape index (κ3) is 4.51. The molecule has 28 heavy (non-hydrogen) atoms. The van der Waals surface area contributed by atoms with E-state index in [1.165, 1.54) is 35.0 Å². The first-order valence-corrected chi connectivity index (χ1v) is 8.96. The van der Waals surface area contributed by atoms with Gasteiger partial charge in [0.1, 0.15) is 5.56 Å². The van der Waals surface area contributed by atoms with Crippen molar-refractivity contribution in [2.45, 2.75) is 12.7 Å². The van der Waals surface area contributed by atoms with Gasteiger partial charge in [-0.1, -0.05) is 40.2 Å². The second kappa shape index (κ2) is 8.02. The summed E-state index contributed by atoms with van der Waals surface area (Å²) in [5.74, 6) is -0.896. The molecule has 1 amide bonds. The highest BCUT2D eigenvalue weighted by Crippen LogP contribution is 2.34. The van der Waals surface area contributed by atoms with Crippen molar-refractivity contribution in [1.82, 2.24) is 4.57 Å². The van der Waals surface area contributed by atoms with E-state index in [1.54, 1.807) is 0 Å². The van der Waals surface area contributed by atoms with Gasteiger partial charge in [-0.25, -0.2) is 0 Å². The molecule has 1 aromatic heterocycles. The number of nitrogens with zero attached hydrogens (tertiary/aromatic N) is 1. The van der Waals surface area contributed by atoms with E-state index in [9.17, 15) is 22.8 Å². The van der Waals surface area contributed by atoms with Crippen molar-refractivity contribution in [2.24, 2.45) is 0 Å². The number of amides is 1. The number of rotatable bonds is 4. The number of carbonyl (C=O) groups excluding carboxylic acids is 1. The number of para-hydroxylation sites is 1. The number of halogens is 4. The van der Waals surface area contributed by atoms with Gasteiger partial charge in [0.25, 0.3) is 11.5 Å². The van der Waals surface area contributed by atoms with Crippen LogP contribution in [-0.2, 0) is 12.7 Å². The molecular formula is C20H14BrF3N2O2. The molecule has 0 bridgehead atoms. The average Bonchev–Trinajstić information content (AvgIpc) is 2.64. The molecule has 0 aliphatic rings. The summed E-state index contributed by atoms with van der Waals surface area (Å²) in [6, 6.07) is 14.7. The Morgan fingerprint density at radius 1 is 1.00 bits per heavy atom. The Morgan fingerprint density at radius 2 is 1.68 bits per heavy atom. The Balaban J connectivity index is 1.88. The molecule has 2 aromatic carbocycles. The third-order valence-corrected chi connectivity index (χ3v) is 4.54. The first kappa shape index (κ1) is 19.9. The van der Waals surface area contributed by atoms with E-state index in [2.05, 4.69) is 21.2 Å². The van der Waals surface area contributed by atoms with Gasteiger partial charge >= 0.3 is 6.18 Å². The Bertz CT molecular complexity index is 1060. The third-order valence-electron chi connectivity index (χ3n) is 4.01. The summed E-state index contributed by atoms with van der Waals surface area (Å²) < 4.78 is 41.5. The summed E-state index contributed by atoms with van der Waals surface area (Å²) in [6.07, 6.45) is -3.10. The number of pyridine rings is 1. The number of carbonyl (C=O) groups is 1. The lowest BCUT2D eigenvalue weighted by Gasteiger charge is -2.14. The van der Waals surface area contributed by atoms with Crippen molar-refractivity contribution in [3.8, 4) is 0 Å². The number of nitrogens with one attached hydrogen (secondary N) is 1. The lowest BCUT2D eigenvalue weighted by Crippen LogP contribution is -2.29. The Kier molecular flexibility index (Phi) is 5.69. The summed E-state index contributed by atoms with van der Waals surface area (Å²) in [6.45, 7) is 0.229. The number of hydrogen-bond donors (Lipinski definition) is 1. The minimum Gasteiger partial charge on any atom is -0.321 e. The zero-order chi connectivity index (χ0) is 20.3. The van der Waals surface area contributed by atoms with Crippen molar-refractivity contribution in [3.63, 3.8) is 0 Å². The standard InChI is InChI=1S/C20H14BrF3N2O2/c21-14-9-7-13(8-10-14)12-26-11-3-4-15(19(26)28)18(27)25-17-6-2-1-5-16(17)20(22,23)24/h1-11H,12H2,(H,25,27). The molecule has 3 aromatic rings. The molecule has 4 nitrogen and oxygen atoms in total. The molecule has 1 heterocycles. The van der Waals surface area contributed by atoms with Crippen LogP contribution in [0.5, 0.6) is 0 Å². The molecule has 144 valence electrons. The van der Waals surface area contributed by atoms with Crippen molar-refractivity contribution in [3.05, 3.63) is 98.4 Å². The molecule has 0 saturated heterocycles. The predicted molar refractivity (Wildman–Crippen MR) is 103 cm³/mol. The highest BCUT2D eigenvalue weighted by Gasteiger charge is 2.33. The van der Waals surface area contributed by atoms with Crippen LogP contribution < -0.4 is 10.9 Å². The van der Waals surface area contributed by atoms with E-state index in [0.717, 1.165) is 22.2 Å². The van der Waals surface area contributed by atoms with Gasteiger partial charge in [0.15, 0.2) is 0 Å². The molecule has 8 heteroatoms. The van der Waals surface area contributed by atoms with E-state index in [0.29, 0.717) is 0 Å². The van der Waals surface area contributed by atoms with Gasteiger partial charge in [-0.15, -0.1) is 0 Å². The van der Waals surface area contributed by atoms with Gasteiger partial charge in [-0.2, -0.15) is 13.2 Å². The lowest BCUT2D eigenvalue weighted by atomic mass is 10.1. The van der Waals surface area contributed by atoms with Crippen LogP contribution in [0.4, 0.5) is 18.9 Å². The number of benzene rings is 2. The summed E-state index contributed by atoms with van der Waals surface area (Å²) in [5, 5.41) is 2.19. The van der Waals surface area contributed by atoms with Crippen LogP contribution in [0.3, 0.4) is 0 Å². The first-order valence-electron chi connectivity index (χ1n) is 8.17. The topological polar surface area (TPSA) is 51.1 Å². The van der Waals surface area contributed by atoms with Crippen LogP contribution in [0, 0.1) is 0 Å². The molecular weight excluding hydrogens is 437 g/mol. The summed E-state index contributed by atoms with van der Waals surface area (Å²) >= 11 is 3.33. The van der Waals surface area contributed by atoms with E-state index in [-0.39, 0.29) is 12.1 Å². The van der Waals surface area contributed by atoms with Crippen molar-refractivity contribution in [2.75, 3.05) is 5.32 Å². The predicted octanol–water partition coefficient (Wildman–Crippen LogP) is 4.93. The molecule has 0 unspecified atom stereocenters. The number of aromatic nitrogens is 1. The fraction of sp³-hybridized carbons (Fsp3) is 0.100. The molecule has 0 saturated carbocycles. The quantitative estimate of drug-likeness (QED) is 0.612. The number of alkyl halides is 3. The second-order valence-corrected chi connectivity index (χ2v) is 6.89. The fourth-order valence-electron chi connectivity index (χ4n) is 2.65. The summed E-state index contributed by atoms with van der Waals surface area (Å²) in [7, 11) is 0. The minimum absolute atomic E-state index is 0.229. The zero-order valence-electron chi connectivity index (χ0n) is 14.3. The van der Waals surface area contributed by atoms with Gasteiger partial charge in [-0.3, -0.25) is 9.59 Å². The van der Waals surface area contributed by atoms with Gasteiger partial charge in [0.2, 0.25) is 0 Å². The maximum Gasteiger partial charge on any atom is 0.418 e. The van der Waals surface area contributed by atoms with Crippen molar-refractivity contribution >= 4 is 27.5 Å². The van der Waals surface area contributed by atoms with Crippen LogP contribution in [0.25, 0.3) is 0 Å². The molecule has 3 rings (SSSR count). The van der Waals surface area contributed by atoms with Crippen LogP contribution in [0.2, 0.25) is 0 Å². The van der Waals surface area contributed by atoms with E-state index in [4.69, 9.17) is 0 Å². The maximum absolute atomic E-state index is 13.1. The van der Waals surface area contributed by atoms with E-state index in [1.807, 2.05) is 24.3 Å². The molecule has 0 atom stereocenters. The molecule has 0 aliphatic heterocycles. The van der Waals surface area contributed by atoms with Crippen LogP contribution in [-0.4, -0.2) is 10.5 Å². The van der Waals surface area contributed by atoms with Gasteiger partial charge in [0.05, 0.1) is 17.8 Å². The fourth-order valence-corrected chi connectivity index (χ4v) is 2.91.